The second-order valence-electron chi connectivity index (χ2n) is 4.23. The van der Waals surface area contributed by atoms with Gasteiger partial charge in [0, 0.05) is 17.8 Å². The van der Waals surface area contributed by atoms with Crippen LogP contribution in [0.5, 0.6) is 0 Å². The minimum Gasteiger partial charge on any atom is -0.381 e. The molecule has 2 rings (SSSR count). The summed E-state index contributed by atoms with van der Waals surface area (Å²) in [6.45, 7) is 0. The number of halogens is 2. The molecule has 0 saturated carbocycles. The quantitative estimate of drug-likeness (QED) is 0.885. The fraction of sp³-hybridized carbons (Fsp3) is 0.455. The predicted octanol–water partition coefficient (Wildman–Crippen LogP) is 1.95. The number of anilines is 1. The molecule has 1 N–H and O–H groups in total. The minimum absolute atomic E-state index is 0.0476. The second-order valence-corrected chi connectivity index (χ2v) is 6.46. The molecule has 1 aliphatic rings. The monoisotopic (exact) mass is 261 g/mol. The topological polar surface area (TPSA) is 46.2 Å². The van der Waals surface area contributed by atoms with Gasteiger partial charge in [-0.3, -0.25) is 0 Å². The van der Waals surface area contributed by atoms with Crippen molar-refractivity contribution >= 4 is 15.5 Å². The Morgan fingerprint density at radius 2 is 2.00 bits per heavy atom. The molecule has 1 heterocycles. The van der Waals surface area contributed by atoms with Crippen LogP contribution < -0.4 is 5.32 Å². The lowest BCUT2D eigenvalue weighted by Gasteiger charge is -2.24. The molecule has 1 fully saturated rings. The Kier molecular flexibility index (Phi) is 3.33. The van der Waals surface area contributed by atoms with Gasteiger partial charge in [0.2, 0.25) is 0 Å². The van der Waals surface area contributed by atoms with Crippen LogP contribution in [0.1, 0.15) is 12.8 Å². The van der Waals surface area contributed by atoms with Gasteiger partial charge in [-0.1, -0.05) is 0 Å². The zero-order chi connectivity index (χ0) is 12.5. The lowest BCUT2D eigenvalue weighted by atomic mass is 10.1. The smallest absolute Gasteiger partial charge is 0.160 e. The first-order chi connectivity index (χ1) is 7.96. The zero-order valence-electron chi connectivity index (χ0n) is 9.12. The summed E-state index contributed by atoms with van der Waals surface area (Å²) >= 11 is 0. The maximum Gasteiger partial charge on any atom is 0.160 e. The maximum absolute atomic E-state index is 13.0. The highest BCUT2D eigenvalue weighted by Gasteiger charge is 2.24. The van der Waals surface area contributed by atoms with Crippen molar-refractivity contribution in [2.24, 2.45) is 0 Å². The summed E-state index contributed by atoms with van der Waals surface area (Å²) in [4.78, 5) is 0. The van der Waals surface area contributed by atoms with E-state index >= 15 is 0 Å². The average Bonchev–Trinajstić information content (AvgIpc) is 2.22. The summed E-state index contributed by atoms with van der Waals surface area (Å²) in [5.41, 5.74) is 0.408. The molecule has 1 aromatic carbocycles. The Balaban J connectivity index is 2.08. The average molecular weight is 261 g/mol. The van der Waals surface area contributed by atoms with Gasteiger partial charge in [0.25, 0.3) is 0 Å². The zero-order valence-corrected chi connectivity index (χ0v) is 9.93. The molecule has 0 aromatic heterocycles. The van der Waals surface area contributed by atoms with E-state index in [2.05, 4.69) is 5.32 Å². The van der Waals surface area contributed by atoms with E-state index in [-0.39, 0.29) is 17.5 Å². The minimum atomic E-state index is -3.00. The van der Waals surface area contributed by atoms with E-state index in [1.165, 1.54) is 6.07 Å². The Bertz CT molecular complexity index is 516. The van der Waals surface area contributed by atoms with Crippen LogP contribution in [0.4, 0.5) is 14.5 Å². The second kappa shape index (κ2) is 4.60. The van der Waals surface area contributed by atoms with Gasteiger partial charge in [-0.2, -0.15) is 0 Å². The third-order valence-electron chi connectivity index (χ3n) is 2.75. The van der Waals surface area contributed by atoms with E-state index in [0.29, 0.717) is 12.1 Å². The van der Waals surface area contributed by atoms with Crippen molar-refractivity contribution in [1.29, 1.82) is 0 Å². The lowest BCUT2D eigenvalue weighted by Crippen LogP contribution is -2.34. The Morgan fingerprint density at radius 3 is 2.65 bits per heavy atom. The predicted molar refractivity (Wildman–Crippen MR) is 61.7 cm³/mol. The Hall–Kier alpha value is -1.17. The normalized spacial score (nSPS) is 23.3. The van der Waals surface area contributed by atoms with Crippen LogP contribution >= 0.6 is 0 Å². The molecule has 3 nitrogen and oxygen atoms in total. The molecule has 1 unspecified atom stereocenters. The summed E-state index contributed by atoms with van der Waals surface area (Å²) in [6, 6.07) is 3.24. The van der Waals surface area contributed by atoms with E-state index in [9.17, 15) is 17.2 Å². The molecule has 1 aromatic rings. The van der Waals surface area contributed by atoms with Gasteiger partial charge in [0.1, 0.15) is 0 Å². The van der Waals surface area contributed by atoms with Gasteiger partial charge < -0.3 is 5.32 Å². The molecule has 6 heteroatoms. The van der Waals surface area contributed by atoms with Gasteiger partial charge >= 0.3 is 0 Å². The molecular weight excluding hydrogens is 248 g/mol. The van der Waals surface area contributed by atoms with Crippen molar-refractivity contribution in [1.82, 2.24) is 0 Å². The van der Waals surface area contributed by atoms with Crippen LogP contribution in [0.3, 0.4) is 0 Å². The first kappa shape index (κ1) is 12.3. The number of hydrogen-bond donors (Lipinski definition) is 1. The van der Waals surface area contributed by atoms with Gasteiger partial charge in [-0.15, -0.1) is 0 Å². The fourth-order valence-corrected chi connectivity index (χ4v) is 3.59. The molecule has 0 radical (unpaired) electrons. The molecule has 1 aliphatic heterocycles. The maximum atomic E-state index is 13.0. The van der Waals surface area contributed by atoms with Crippen molar-refractivity contribution in [3.8, 4) is 0 Å². The van der Waals surface area contributed by atoms with E-state index < -0.39 is 21.5 Å². The molecule has 0 bridgehead atoms. The first-order valence-corrected chi connectivity index (χ1v) is 7.20. The Labute approximate surface area is 98.8 Å². The standard InChI is InChI=1S/C11H13F2NO2S/c12-10-4-3-8(6-11(10)13)14-9-2-1-5-17(15,16)7-9/h3-4,6,9,14H,1-2,5,7H2. The van der Waals surface area contributed by atoms with Crippen molar-refractivity contribution in [2.45, 2.75) is 18.9 Å². The van der Waals surface area contributed by atoms with Crippen molar-refractivity contribution < 1.29 is 17.2 Å². The van der Waals surface area contributed by atoms with Crippen LogP contribution in [0.2, 0.25) is 0 Å². The summed E-state index contributed by atoms with van der Waals surface area (Å²) in [5.74, 6) is -1.59. The molecule has 17 heavy (non-hydrogen) atoms. The van der Waals surface area contributed by atoms with E-state index in [0.717, 1.165) is 18.6 Å². The summed E-state index contributed by atoms with van der Waals surface area (Å²) < 4.78 is 48.5. The number of nitrogens with one attached hydrogen (secondary N) is 1. The van der Waals surface area contributed by atoms with Gasteiger partial charge in [-0.05, 0) is 25.0 Å². The number of benzene rings is 1. The molecule has 0 aliphatic carbocycles. The van der Waals surface area contributed by atoms with Crippen molar-refractivity contribution in [3.63, 3.8) is 0 Å². The highest BCUT2D eigenvalue weighted by Crippen LogP contribution is 2.19. The van der Waals surface area contributed by atoms with Crippen molar-refractivity contribution in [2.75, 3.05) is 16.8 Å². The SMILES string of the molecule is O=S1(=O)CCCC(Nc2ccc(F)c(F)c2)C1. The van der Waals surface area contributed by atoms with E-state index in [1.54, 1.807) is 0 Å². The van der Waals surface area contributed by atoms with Gasteiger partial charge in [0.15, 0.2) is 21.5 Å². The van der Waals surface area contributed by atoms with Crippen molar-refractivity contribution in [3.05, 3.63) is 29.8 Å². The largest absolute Gasteiger partial charge is 0.381 e. The molecule has 1 saturated heterocycles. The summed E-state index contributed by atoms with van der Waals surface area (Å²) in [6.07, 6.45) is 1.32. The molecule has 0 amide bonds. The van der Waals surface area contributed by atoms with E-state index in [4.69, 9.17) is 0 Å². The first-order valence-electron chi connectivity index (χ1n) is 5.38. The van der Waals surface area contributed by atoms with Crippen LogP contribution in [0.15, 0.2) is 18.2 Å². The van der Waals surface area contributed by atoms with Crippen LogP contribution in [0, 0.1) is 11.6 Å². The van der Waals surface area contributed by atoms with Crippen LogP contribution in [-0.2, 0) is 9.84 Å². The lowest BCUT2D eigenvalue weighted by molar-refractivity contribution is 0.508. The number of hydrogen-bond acceptors (Lipinski definition) is 3. The molecule has 1 atom stereocenters. The van der Waals surface area contributed by atoms with Crippen LogP contribution in [0.25, 0.3) is 0 Å². The van der Waals surface area contributed by atoms with Gasteiger partial charge in [-0.25, -0.2) is 17.2 Å². The highest BCUT2D eigenvalue weighted by atomic mass is 32.2. The summed E-state index contributed by atoms with van der Waals surface area (Å²) in [7, 11) is -3.00. The van der Waals surface area contributed by atoms with Gasteiger partial charge in [0.05, 0.1) is 11.5 Å². The molecule has 0 spiro atoms. The van der Waals surface area contributed by atoms with Crippen LogP contribution in [-0.4, -0.2) is 26.0 Å². The molecular formula is C11H13F2NO2S. The third-order valence-corrected chi connectivity index (χ3v) is 4.57. The highest BCUT2D eigenvalue weighted by molar-refractivity contribution is 7.91. The fourth-order valence-electron chi connectivity index (χ4n) is 1.96. The third kappa shape index (κ3) is 3.15. The van der Waals surface area contributed by atoms with E-state index in [1.807, 2.05) is 0 Å². The summed E-state index contributed by atoms with van der Waals surface area (Å²) in [5, 5.41) is 2.92. The number of rotatable bonds is 2. The molecule has 94 valence electrons. The number of sulfone groups is 1. The Morgan fingerprint density at radius 1 is 1.24 bits per heavy atom.